The Bertz CT molecular complexity index is 6600. The summed E-state index contributed by atoms with van der Waals surface area (Å²) in [7, 11) is 2.03. The van der Waals surface area contributed by atoms with Gasteiger partial charge in [-0.3, -0.25) is 0 Å². The number of aromatic nitrogens is 14. The van der Waals surface area contributed by atoms with Crippen molar-refractivity contribution in [1.82, 2.24) is 66.3 Å². The molecule has 2 atom stereocenters. The Morgan fingerprint density at radius 3 is 1.36 bits per heavy atom. The molecular formula is C93H130BBr4Cl3N17O8S8Si4. The second-order valence-electron chi connectivity index (χ2n) is 36.8. The zero-order valence-corrected chi connectivity index (χ0v) is 102. The number of halogens is 7. The molecule has 45 heteroatoms. The number of aliphatic hydroxyl groups is 2. The van der Waals surface area contributed by atoms with Crippen LogP contribution in [0.25, 0.3) is 55.2 Å². The van der Waals surface area contributed by atoms with Gasteiger partial charge in [0.2, 0.25) is 10.3 Å². The summed E-state index contributed by atoms with van der Waals surface area (Å²) >= 11 is 35.8. The number of anilines is 2. The van der Waals surface area contributed by atoms with E-state index in [0.29, 0.717) is 101 Å². The molecule has 138 heavy (non-hydrogen) atoms. The fraction of sp³-hybridized carbons (Fsp3) is 0.452. The number of sulfonamides is 1. The van der Waals surface area contributed by atoms with E-state index in [1.165, 1.54) is 42.7 Å². The molecule has 2 aromatic carbocycles. The van der Waals surface area contributed by atoms with Gasteiger partial charge in [-0.1, -0.05) is 178 Å². The number of nitrogens with zero attached hydrogens (tertiary/aromatic N) is 14. The number of methoxy groups -OCH3 is 2. The number of hydrogen-bond acceptors (Lipinski definition) is 24. The zero-order chi connectivity index (χ0) is 103. The molecule has 0 aliphatic heterocycles. The number of fused-ring (bicyclic) bond motifs is 5. The summed E-state index contributed by atoms with van der Waals surface area (Å²) in [6.45, 7) is 55.8. The number of thiol groups is 1. The van der Waals surface area contributed by atoms with Crippen LogP contribution in [0.3, 0.4) is 0 Å². The number of benzene rings is 2. The Kier molecular flexibility index (Phi) is 45.6. The average molecular weight is 2420 g/mol. The van der Waals surface area contributed by atoms with Gasteiger partial charge in [-0.15, -0.1) is 0 Å². The number of rotatable bonds is 29. The molecule has 0 aliphatic carbocycles. The molecule has 0 saturated carbocycles. The molecule has 0 spiro atoms. The van der Waals surface area contributed by atoms with Gasteiger partial charge in [0.05, 0.1) is 34.0 Å². The third kappa shape index (κ3) is 28.1. The van der Waals surface area contributed by atoms with E-state index in [2.05, 4.69) is 358 Å². The van der Waals surface area contributed by atoms with Gasteiger partial charge < -0.3 is 47.7 Å². The molecule has 5 N–H and O–H groups in total. The molecule has 14 aromatic rings. The van der Waals surface area contributed by atoms with Crippen LogP contribution in [0.2, 0.25) is 66.5 Å². The molecule has 0 bridgehead atoms. The molecule has 0 aliphatic rings. The molecule has 25 nitrogen and oxygen atoms in total. The van der Waals surface area contributed by atoms with Crippen LogP contribution < -0.4 is 19.1 Å². The van der Waals surface area contributed by atoms with E-state index in [4.69, 9.17) is 69.3 Å². The zero-order valence-electron chi connectivity index (χ0n) is 82.9. The molecule has 751 valence electrons. The van der Waals surface area contributed by atoms with Crippen molar-refractivity contribution in [2.24, 2.45) is 4.30 Å². The van der Waals surface area contributed by atoms with E-state index >= 15 is 0 Å². The summed E-state index contributed by atoms with van der Waals surface area (Å²) in [6.07, 6.45) is 12.9. The van der Waals surface area contributed by atoms with Crippen molar-refractivity contribution in [1.29, 1.82) is 0 Å². The van der Waals surface area contributed by atoms with Gasteiger partial charge in [0.15, 0.2) is 52.5 Å². The van der Waals surface area contributed by atoms with Crippen LogP contribution in [0.4, 0.5) is 10.3 Å². The first-order valence-corrected chi connectivity index (χ1v) is 68.1. The first-order valence-electron chi connectivity index (χ1n) is 45.1. The second kappa shape index (κ2) is 52.7. The first kappa shape index (κ1) is 120. The predicted octanol–water partition coefficient (Wildman–Crippen LogP) is 28.9. The summed E-state index contributed by atoms with van der Waals surface area (Å²) in [6, 6.07) is 35.4. The summed E-state index contributed by atoms with van der Waals surface area (Å²) < 4.78 is 84.0. The topological polar surface area (TPSA) is 317 Å². The Balaban J connectivity index is 0.000000223. The molecule has 0 fully saturated rings. The minimum atomic E-state index is -4.06. The summed E-state index contributed by atoms with van der Waals surface area (Å²) in [5.41, 5.74) is 14.5. The van der Waals surface area contributed by atoms with Gasteiger partial charge in [-0.2, -0.15) is 28.2 Å². The van der Waals surface area contributed by atoms with E-state index in [1.54, 1.807) is 49.7 Å². The summed E-state index contributed by atoms with van der Waals surface area (Å²) in [5, 5.41) is 28.8. The van der Waals surface area contributed by atoms with Crippen LogP contribution in [0, 0.1) is 0 Å². The van der Waals surface area contributed by atoms with Crippen LogP contribution in [0.15, 0.2) is 196 Å². The Morgan fingerprint density at radius 1 is 0.493 bits per heavy atom. The van der Waals surface area contributed by atoms with Gasteiger partial charge >= 0.3 is 24.8 Å². The van der Waals surface area contributed by atoms with Crippen molar-refractivity contribution in [3.8, 4) is 11.5 Å². The fourth-order valence-corrected chi connectivity index (χ4v) is 49.8. The van der Waals surface area contributed by atoms with Gasteiger partial charge in [0.25, 0.3) is 10.0 Å². The summed E-state index contributed by atoms with van der Waals surface area (Å²) in [4.78, 5) is 36.6. The van der Waals surface area contributed by atoms with Crippen LogP contribution in [-0.4, -0.2) is 147 Å². The van der Waals surface area contributed by atoms with Gasteiger partial charge in [0.1, 0.15) is 71.6 Å². The first-order chi connectivity index (χ1) is 64.6. The van der Waals surface area contributed by atoms with Crippen molar-refractivity contribution in [3.63, 3.8) is 0 Å². The maximum absolute atomic E-state index is 13.5. The normalized spacial score (nSPS) is 13.0. The maximum atomic E-state index is 13.5. The average Bonchev–Trinajstić information content (AvgIpc) is 1.59. The van der Waals surface area contributed by atoms with Crippen LogP contribution >= 0.6 is 132 Å². The molecule has 14 rings (SSSR count). The van der Waals surface area contributed by atoms with Gasteiger partial charge in [0, 0.05) is 106 Å². The minimum absolute atomic E-state index is 0.00959. The van der Waals surface area contributed by atoms with Crippen molar-refractivity contribution >= 4 is 285 Å². The third-order valence-electron chi connectivity index (χ3n) is 25.5. The molecule has 1 radical (unpaired) electrons. The van der Waals surface area contributed by atoms with E-state index in [9.17, 15) is 27.0 Å². The number of H-pyrrole nitrogens is 2. The number of hydrogen-bond donors (Lipinski definition) is 6. The van der Waals surface area contributed by atoms with Crippen molar-refractivity contribution in [2.45, 2.75) is 274 Å². The molecule has 2 unspecified atom stereocenters. The molecule has 0 amide bonds. The fourth-order valence-electron chi connectivity index (χ4n) is 20.0. The van der Waals surface area contributed by atoms with Crippen molar-refractivity contribution in [2.75, 3.05) is 23.8 Å². The van der Waals surface area contributed by atoms with Crippen LogP contribution in [-0.2, 0) is 74.1 Å². The van der Waals surface area contributed by atoms with Crippen LogP contribution in [0.1, 0.15) is 188 Å². The van der Waals surface area contributed by atoms with Crippen molar-refractivity contribution < 1.29 is 36.5 Å². The van der Waals surface area contributed by atoms with E-state index < -0.39 is 57.5 Å². The van der Waals surface area contributed by atoms with E-state index in [0.717, 1.165) is 100 Å². The number of pyridine rings is 5. The Morgan fingerprint density at radius 2 is 0.913 bits per heavy atom. The van der Waals surface area contributed by atoms with E-state index in [-0.39, 0.29) is 34.9 Å². The van der Waals surface area contributed by atoms with E-state index in [1.807, 2.05) is 60.8 Å². The summed E-state index contributed by atoms with van der Waals surface area (Å²) in [5.74, 6) is 1.31. The predicted molar refractivity (Wildman–Crippen MR) is 613 cm³/mol. The monoisotopic (exact) mass is 2410 g/mol. The number of nitrogens with one attached hydrogen (secondary N) is 3. The molecular weight excluding hydrogens is 2290 g/mol. The van der Waals surface area contributed by atoms with Crippen molar-refractivity contribution in [3.05, 3.63) is 199 Å². The number of aromatic amines is 2. The van der Waals surface area contributed by atoms with Gasteiger partial charge in [-0.05, 0) is 289 Å². The number of ether oxygens (including phenoxy) is 2. The standard InChI is InChI=1S/C18H16BrN5O4S2.C16H24BrClN2OS2Si.C16H25BrN2Si.C16H25ClN2OS2Si.C11H13N3O2S.C9H21ClSi.C7H5BrN2.BHNS/c1-28-13-3-2-11(12(6-13)9-25)8-24(18-21-10-22-29-18)30(26,27)16-5-4-14-15(19)7-20-17(14)23-16;1-10(2)24(11(3)4,12(5)6)20-9-14(17)13-7-8-15(19-16(13)20)23(18,21)22;1-11(2)20(12(3)4,13(5)6)19-10-9-14-7-8-15(17)18-16(14)19;1-11(2)23(12(3)4,13(5)6)19-10-9-14-7-8-15(18-16(14)19)22(17,20)21;1-16-10-3-2-8(9(4-10)6-15)5-12-11-13-7-14-17-11;1-7(2)11(10,8(3)4)9(5)6;8-6-2-1-5-3-4-9-7(5)10-6;1-2-3/h2-7,10,25H,8-9H2,1H3,(H,20,23);7-12H,1-6H3;7-13H,1-6H3;7-13H,1-6H3;2-4,7,15H,5-6H2,1H3,(H,12,13,14);7-9H,1-6H3;1-4H,(H,9,10);3H. The van der Waals surface area contributed by atoms with Gasteiger partial charge in [-0.25, -0.2) is 47.6 Å². The number of aliphatic hydroxyl groups excluding tert-OH is 2. The van der Waals surface area contributed by atoms with Crippen LogP contribution in [0.5, 0.6) is 11.5 Å². The molecule has 12 heterocycles. The second-order valence-corrected chi connectivity index (χ2v) is 77.1. The Labute approximate surface area is 891 Å². The Hall–Kier alpha value is -5.31. The third-order valence-corrected chi connectivity index (χ3v) is 63.7. The molecule has 0 saturated heterocycles. The quantitative estimate of drug-likeness (QED) is 0.00834. The molecule has 12 aromatic heterocycles. The SMILES string of the molecule is Brc1ccc2cc[nH]c2n1.CC(C)[Si](C(C)C)(C(C)C)n1cc(Br)c2ccc(S(=O)(=S)Cl)nc21.CC(C)[Si](C(C)C)(C(C)C)n1ccc2ccc(Br)nc21.CC(C)[Si](C(C)C)(C(C)C)n1ccc2ccc(S(=O)(=S)Cl)nc21.CC(C)[Si](Cl)(C(C)C)C(C)C.COc1ccc(CN(c2ncns2)S(=O)(=O)c2ccc3c(Br)c[nH]c3n2)c(CO)c1.COc1ccc(CNc2ncns2)c(CO)c1.[B]=NS.